The van der Waals surface area contributed by atoms with Crippen LogP contribution < -0.4 is 10.1 Å². The van der Waals surface area contributed by atoms with Crippen LogP contribution in [-0.4, -0.2) is 22.8 Å². The summed E-state index contributed by atoms with van der Waals surface area (Å²) in [5.74, 6) is 0.492. The van der Waals surface area contributed by atoms with Crippen molar-refractivity contribution >= 4 is 22.5 Å². The average molecular weight is 431 g/mol. The van der Waals surface area contributed by atoms with E-state index in [2.05, 4.69) is 17.3 Å². The Hall–Kier alpha value is -3.03. The molecule has 0 bridgehead atoms. The molecule has 2 aromatic carbocycles. The number of nitrogens with zero attached hydrogens (tertiary/aromatic N) is 2. The summed E-state index contributed by atoms with van der Waals surface area (Å²) < 4.78 is 46.3. The molecule has 1 aromatic heterocycles. The number of benzene rings is 2. The number of nitrogens with one attached hydrogen (secondary N) is 1. The summed E-state index contributed by atoms with van der Waals surface area (Å²) in [7, 11) is 1.47. The molecule has 1 N–H and O–H groups in total. The Bertz CT molecular complexity index is 1100. The summed E-state index contributed by atoms with van der Waals surface area (Å²) in [6, 6.07) is 8.16. The lowest BCUT2D eigenvalue weighted by molar-refractivity contribution is -0.137. The highest BCUT2D eigenvalue weighted by atomic mass is 19.4. The lowest BCUT2D eigenvalue weighted by Gasteiger charge is -2.26. The number of fused-ring (bicyclic) bond motifs is 1. The standard InChI is InChI=1S/C23H24F3N3O2/c1-14-6-8-18(9-7-14)29-13-16-11-20(21(31-2)12-19(16)28-29)27-22(30)15-4-3-5-17(10-15)23(24,25)26/h3-5,10-14,18H,6-9H2,1-2H3,(H,27,30)/t14-,18-. The zero-order valence-electron chi connectivity index (χ0n) is 17.4. The number of hydrogen-bond donors (Lipinski definition) is 1. The fourth-order valence-corrected chi connectivity index (χ4v) is 4.06. The van der Waals surface area contributed by atoms with E-state index in [0.717, 1.165) is 41.8 Å². The first kappa shape index (κ1) is 21.2. The molecular weight excluding hydrogens is 407 g/mol. The quantitative estimate of drug-likeness (QED) is 0.546. The molecule has 0 unspecified atom stereocenters. The average Bonchev–Trinajstić information content (AvgIpc) is 3.16. The van der Waals surface area contributed by atoms with Crippen molar-refractivity contribution in [1.29, 1.82) is 0 Å². The van der Waals surface area contributed by atoms with Gasteiger partial charge in [0.1, 0.15) is 5.75 Å². The van der Waals surface area contributed by atoms with Gasteiger partial charge >= 0.3 is 6.18 Å². The maximum absolute atomic E-state index is 13.0. The molecule has 1 saturated carbocycles. The number of methoxy groups -OCH3 is 1. The van der Waals surface area contributed by atoms with Gasteiger partial charge in [-0.25, -0.2) is 0 Å². The lowest BCUT2D eigenvalue weighted by Crippen LogP contribution is -2.16. The Kier molecular flexibility index (Phi) is 5.64. The molecule has 164 valence electrons. The summed E-state index contributed by atoms with van der Waals surface area (Å²) in [6.07, 6.45) is 1.93. The first-order chi connectivity index (χ1) is 14.7. The topological polar surface area (TPSA) is 56.1 Å². The predicted molar refractivity (Wildman–Crippen MR) is 112 cm³/mol. The van der Waals surface area contributed by atoms with E-state index in [9.17, 15) is 18.0 Å². The molecule has 1 amide bonds. The van der Waals surface area contributed by atoms with Crippen LogP contribution in [0.3, 0.4) is 0 Å². The van der Waals surface area contributed by atoms with Gasteiger partial charge in [0.2, 0.25) is 0 Å². The van der Waals surface area contributed by atoms with Gasteiger partial charge in [-0.3, -0.25) is 9.48 Å². The number of ether oxygens (including phenoxy) is 1. The highest BCUT2D eigenvalue weighted by molar-refractivity contribution is 6.06. The van der Waals surface area contributed by atoms with Crippen LogP contribution in [-0.2, 0) is 6.18 Å². The van der Waals surface area contributed by atoms with Crippen molar-refractivity contribution in [2.24, 2.45) is 5.92 Å². The van der Waals surface area contributed by atoms with Crippen LogP contribution >= 0.6 is 0 Å². The van der Waals surface area contributed by atoms with E-state index in [-0.39, 0.29) is 5.56 Å². The van der Waals surface area contributed by atoms with Crippen LogP contribution in [0.25, 0.3) is 10.9 Å². The van der Waals surface area contributed by atoms with Crippen LogP contribution in [0.15, 0.2) is 42.6 Å². The van der Waals surface area contributed by atoms with Gasteiger partial charge in [0.05, 0.1) is 29.9 Å². The molecule has 1 aliphatic rings. The zero-order chi connectivity index (χ0) is 22.2. The molecule has 31 heavy (non-hydrogen) atoms. The SMILES string of the molecule is COc1cc2nn([C@H]3CC[C@H](C)CC3)cc2cc1NC(=O)c1cccc(C(F)(F)F)c1. The predicted octanol–water partition coefficient (Wildman–Crippen LogP) is 6.07. The largest absolute Gasteiger partial charge is 0.494 e. The number of carbonyl (C=O) groups is 1. The van der Waals surface area contributed by atoms with E-state index in [1.54, 1.807) is 12.1 Å². The van der Waals surface area contributed by atoms with E-state index in [1.165, 1.54) is 32.1 Å². The first-order valence-corrected chi connectivity index (χ1v) is 10.3. The number of anilines is 1. The van der Waals surface area contributed by atoms with Gasteiger partial charge in [-0.1, -0.05) is 13.0 Å². The van der Waals surface area contributed by atoms with E-state index in [0.29, 0.717) is 17.5 Å². The summed E-state index contributed by atoms with van der Waals surface area (Å²) in [5.41, 5.74) is 0.177. The van der Waals surface area contributed by atoms with Gasteiger partial charge in [-0.2, -0.15) is 18.3 Å². The molecule has 0 aliphatic heterocycles. The minimum absolute atomic E-state index is 0.0796. The monoisotopic (exact) mass is 431 g/mol. The highest BCUT2D eigenvalue weighted by Gasteiger charge is 2.31. The maximum atomic E-state index is 13.0. The van der Waals surface area contributed by atoms with Gasteiger partial charge < -0.3 is 10.1 Å². The van der Waals surface area contributed by atoms with Gasteiger partial charge in [-0.05, 0) is 55.9 Å². The highest BCUT2D eigenvalue weighted by Crippen LogP contribution is 2.35. The number of hydrogen-bond acceptors (Lipinski definition) is 3. The summed E-state index contributed by atoms with van der Waals surface area (Å²) >= 11 is 0. The second-order valence-electron chi connectivity index (χ2n) is 8.17. The Balaban J connectivity index is 1.60. The number of rotatable bonds is 4. The van der Waals surface area contributed by atoms with Crippen LogP contribution in [0.4, 0.5) is 18.9 Å². The molecule has 4 rings (SSSR count). The fourth-order valence-electron chi connectivity index (χ4n) is 4.06. The summed E-state index contributed by atoms with van der Waals surface area (Å²) in [5, 5.41) is 8.19. The second-order valence-corrected chi connectivity index (χ2v) is 8.17. The molecule has 3 aromatic rings. The van der Waals surface area contributed by atoms with Crippen LogP contribution in [0.1, 0.15) is 54.6 Å². The Morgan fingerprint density at radius 3 is 2.58 bits per heavy atom. The summed E-state index contributed by atoms with van der Waals surface area (Å²) in [6.45, 7) is 2.26. The number of aromatic nitrogens is 2. The van der Waals surface area contributed by atoms with Crippen LogP contribution in [0.5, 0.6) is 5.75 Å². The van der Waals surface area contributed by atoms with Crippen molar-refractivity contribution in [2.75, 3.05) is 12.4 Å². The lowest BCUT2D eigenvalue weighted by atomic mass is 9.87. The Labute approximate surface area is 178 Å². The van der Waals surface area contributed by atoms with Gasteiger partial charge in [0.15, 0.2) is 0 Å². The normalized spacial score (nSPS) is 19.4. The second kappa shape index (κ2) is 8.24. The van der Waals surface area contributed by atoms with Crippen LogP contribution in [0, 0.1) is 5.92 Å². The molecule has 5 nitrogen and oxygen atoms in total. The van der Waals surface area contributed by atoms with Crippen LogP contribution in [0.2, 0.25) is 0 Å². The van der Waals surface area contributed by atoms with E-state index in [1.807, 2.05) is 10.9 Å². The van der Waals surface area contributed by atoms with Crippen molar-refractivity contribution in [3.63, 3.8) is 0 Å². The van der Waals surface area contributed by atoms with E-state index < -0.39 is 17.6 Å². The van der Waals surface area contributed by atoms with Crippen molar-refractivity contribution in [2.45, 2.75) is 44.8 Å². The van der Waals surface area contributed by atoms with Gasteiger partial charge in [0.25, 0.3) is 5.91 Å². The third-order valence-corrected chi connectivity index (χ3v) is 5.90. The summed E-state index contributed by atoms with van der Waals surface area (Å²) in [4.78, 5) is 12.6. The van der Waals surface area contributed by atoms with Crippen molar-refractivity contribution in [3.8, 4) is 5.75 Å². The minimum Gasteiger partial charge on any atom is -0.494 e. The molecule has 0 radical (unpaired) electrons. The van der Waals surface area contributed by atoms with Gasteiger partial charge in [0, 0.05) is 23.2 Å². The number of amides is 1. The number of carbonyl (C=O) groups excluding carboxylic acids is 1. The first-order valence-electron chi connectivity index (χ1n) is 10.3. The number of alkyl halides is 3. The van der Waals surface area contributed by atoms with Crippen molar-refractivity contribution < 1.29 is 22.7 Å². The smallest absolute Gasteiger partial charge is 0.416 e. The molecular formula is C23H24F3N3O2. The molecule has 0 atom stereocenters. The third kappa shape index (κ3) is 4.52. The van der Waals surface area contributed by atoms with Crippen molar-refractivity contribution in [1.82, 2.24) is 9.78 Å². The molecule has 1 fully saturated rings. The Morgan fingerprint density at radius 1 is 1.16 bits per heavy atom. The fraction of sp³-hybridized carbons (Fsp3) is 0.391. The third-order valence-electron chi connectivity index (χ3n) is 5.90. The van der Waals surface area contributed by atoms with Gasteiger partial charge in [-0.15, -0.1) is 0 Å². The Morgan fingerprint density at radius 2 is 1.90 bits per heavy atom. The van der Waals surface area contributed by atoms with Crippen molar-refractivity contribution in [3.05, 3.63) is 53.7 Å². The zero-order valence-corrected chi connectivity index (χ0v) is 17.4. The minimum atomic E-state index is -4.52. The number of halogens is 3. The molecule has 1 aliphatic carbocycles. The molecule has 0 spiro atoms. The molecule has 8 heteroatoms. The molecule has 0 saturated heterocycles. The maximum Gasteiger partial charge on any atom is 0.416 e. The molecule has 1 heterocycles. The van der Waals surface area contributed by atoms with E-state index in [4.69, 9.17) is 4.74 Å². The van der Waals surface area contributed by atoms with E-state index >= 15 is 0 Å².